The van der Waals surface area contributed by atoms with Crippen LogP contribution in [0.1, 0.15) is 53.0 Å². The number of carboxylic acids is 1. The summed E-state index contributed by atoms with van der Waals surface area (Å²) in [5.74, 6) is -10.5. The first-order valence-corrected chi connectivity index (χ1v) is 15.6. The lowest BCUT2D eigenvalue weighted by Gasteiger charge is -2.43. The highest BCUT2D eigenvalue weighted by Crippen LogP contribution is 2.31. The molecule has 2 aliphatic rings. The molecular formula is C32H42F3N5O8. The first kappa shape index (κ1) is 38.1. The maximum atomic E-state index is 14.4. The fourth-order valence-corrected chi connectivity index (χ4v) is 6.13. The second kappa shape index (κ2) is 14.8. The minimum atomic E-state index is -5.44. The van der Waals surface area contributed by atoms with Gasteiger partial charge in [-0.25, -0.2) is 4.79 Å². The summed E-state index contributed by atoms with van der Waals surface area (Å²) in [7, 11) is 0. The molecule has 264 valence electrons. The molecule has 1 aromatic rings. The van der Waals surface area contributed by atoms with E-state index in [1.165, 1.54) is 27.7 Å². The summed E-state index contributed by atoms with van der Waals surface area (Å²) in [6, 6.07) is 2.98. The summed E-state index contributed by atoms with van der Waals surface area (Å²) in [5, 5.41) is 9.40. The van der Waals surface area contributed by atoms with Gasteiger partial charge in [-0.3, -0.25) is 33.7 Å². The Balaban J connectivity index is 2.05. The van der Waals surface area contributed by atoms with Crippen molar-refractivity contribution in [3.05, 3.63) is 35.9 Å². The molecule has 2 heterocycles. The number of carbonyl (C=O) groups is 7. The Morgan fingerprint density at radius 2 is 1.62 bits per heavy atom. The molecule has 0 saturated carbocycles. The second-order valence-corrected chi connectivity index (χ2v) is 13.0. The van der Waals surface area contributed by atoms with Crippen molar-refractivity contribution < 1.29 is 51.8 Å². The van der Waals surface area contributed by atoms with Crippen LogP contribution < -0.4 is 5.73 Å². The Hall–Kier alpha value is -4.34. The number of likely N-dealkylation sites (tertiary alicyclic amines) is 1. The van der Waals surface area contributed by atoms with Crippen molar-refractivity contribution in [2.75, 3.05) is 26.2 Å². The number of amides is 5. The lowest BCUT2D eigenvalue weighted by molar-refractivity contribution is -0.179. The number of nitrogens with zero attached hydrogens (tertiary/aromatic N) is 4. The van der Waals surface area contributed by atoms with Crippen molar-refractivity contribution in [3.8, 4) is 0 Å². The van der Waals surface area contributed by atoms with Crippen molar-refractivity contribution in [1.82, 2.24) is 19.6 Å². The minimum absolute atomic E-state index is 0.0854. The first-order chi connectivity index (χ1) is 22.2. The molecule has 5 amide bonds. The summed E-state index contributed by atoms with van der Waals surface area (Å²) in [6.07, 6.45) is -4.58. The molecular weight excluding hydrogens is 639 g/mol. The monoisotopic (exact) mass is 681 g/mol. The van der Waals surface area contributed by atoms with Crippen LogP contribution in [-0.2, 0) is 35.2 Å². The van der Waals surface area contributed by atoms with Crippen molar-refractivity contribution in [1.29, 1.82) is 0 Å². The number of imide groups is 1. The highest BCUT2D eigenvalue weighted by atomic mass is 19.4. The smallest absolute Gasteiger partial charge is 0.452 e. The zero-order valence-electron chi connectivity index (χ0n) is 27.5. The van der Waals surface area contributed by atoms with Crippen LogP contribution in [0.4, 0.5) is 18.0 Å². The number of urea groups is 1. The van der Waals surface area contributed by atoms with Gasteiger partial charge in [0.15, 0.2) is 11.3 Å². The molecule has 2 fully saturated rings. The Kier molecular flexibility index (Phi) is 11.8. The minimum Gasteiger partial charge on any atom is -0.480 e. The van der Waals surface area contributed by atoms with E-state index in [0.717, 1.165) is 14.7 Å². The molecule has 1 aromatic carbocycles. The molecule has 0 aromatic heterocycles. The number of carbonyl (C=O) groups excluding carboxylic acids is 6. The van der Waals surface area contributed by atoms with E-state index in [1.54, 1.807) is 37.3 Å². The van der Waals surface area contributed by atoms with Gasteiger partial charge in [-0.05, 0) is 37.2 Å². The summed E-state index contributed by atoms with van der Waals surface area (Å²) < 4.78 is 41.6. The fourth-order valence-electron chi connectivity index (χ4n) is 6.13. The average molecular weight is 682 g/mol. The van der Waals surface area contributed by atoms with Crippen molar-refractivity contribution >= 4 is 41.3 Å². The topological polar surface area (TPSA) is 179 Å². The number of benzene rings is 1. The van der Waals surface area contributed by atoms with Gasteiger partial charge >= 0.3 is 18.2 Å². The zero-order valence-corrected chi connectivity index (χ0v) is 27.5. The Morgan fingerprint density at radius 1 is 1.02 bits per heavy atom. The molecule has 3 N–H and O–H groups in total. The standard InChI is InChI=1S/C32H42F3N5O8/c1-18(2)26(27(45)32(33,34)35)40(30(48)38-13-9-10-20(38)5)29(47)31(36,19(3)4)23(41)15-37-16-24(42)39(17-25(43)44)22(28(37)46)14-21-11-7-6-8-12-21/h6-8,11-12,18-20,22,26H,9-10,13-17,36H2,1-5H3,(H,43,44)/t20-,22?,26+,31-/m1/s1. The third kappa shape index (κ3) is 7.85. The van der Waals surface area contributed by atoms with Crippen molar-refractivity contribution in [2.45, 2.75) is 83.7 Å². The van der Waals surface area contributed by atoms with Gasteiger partial charge in [-0.15, -0.1) is 0 Å². The molecule has 1 unspecified atom stereocenters. The van der Waals surface area contributed by atoms with E-state index in [2.05, 4.69) is 0 Å². The quantitative estimate of drug-likeness (QED) is 0.312. The van der Waals surface area contributed by atoms with Gasteiger partial charge in [-0.1, -0.05) is 58.0 Å². The van der Waals surface area contributed by atoms with E-state index in [0.29, 0.717) is 18.4 Å². The summed E-state index contributed by atoms with van der Waals surface area (Å²) in [6.45, 7) is 4.29. The van der Waals surface area contributed by atoms with Crippen LogP contribution in [0.5, 0.6) is 0 Å². The number of halogens is 3. The summed E-state index contributed by atoms with van der Waals surface area (Å²) in [5.41, 5.74) is 4.33. The number of ketones is 2. The van der Waals surface area contributed by atoms with Gasteiger partial charge < -0.3 is 25.5 Å². The molecule has 2 saturated heterocycles. The number of carboxylic acid groups (broad SMARTS) is 1. The van der Waals surface area contributed by atoms with Crippen LogP contribution >= 0.6 is 0 Å². The summed E-state index contributed by atoms with van der Waals surface area (Å²) in [4.78, 5) is 96.5. The van der Waals surface area contributed by atoms with E-state index >= 15 is 0 Å². The number of aliphatic carboxylic acids is 1. The van der Waals surface area contributed by atoms with E-state index in [-0.39, 0.29) is 17.9 Å². The molecule has 0 bridgehead atoms. The molecule has 0 spiro atoms. The van der Waals surface area contributed by atoms with Crippen LogP contribution in [-0.4, -0.2) is 122 Å². The zero-order chi connectivity index (χ0) is 36.3. The first-order valence-electron chi connectivity index (χ1n) is 15.6. The third-order valence-electron chi connectivity index (χ3n) is 8.94. The lowest BCUT2D eigenvalue weighted by Crippen LogP contribution is -2.71. The van der Waals surface area contributed by atoms with E-state index in [1.807, 2.05) is 0 Å². The summed E-state index contributed by atoms with van der Waals surface area (Å²) >= 11 is 0. The second-order valence-electron chi connectivity index (χ2n) is 13.0. The average Bonchev–Trinajstić information content (AvgIpc) is 3.43. The number of hydrogen-bond acceptors (Lipinski definition) is 8. The predicted molar refractivity (Wildman–Crippen MR) is 164 cm³/mol. The van der Waals surface area contributed by atoms with Gasteiger partial charge in [0.2, 0.25) is 11.8 Å². The molecule has 13 nitrogen and oxygen atoms in total. The molecule has 3 rings (SSSR count). The van der Waals surface area contributed by atoms with Crippen LogP contribution in [0.2, 0.25) is 0 Å². The lowest BCUT2D eigenvalue weighted by atomic mass is 9.80. The highest BCUT2D eigenvalue weighted by molar-refractivity contribution is 6.17. The van der Waals surface area contributed by atoms with Gasteiger partial charge in [0.25, 0.3) is 11.7 Å². The fraction of sp³-hybridized carbons (Fsp3) is 0.594. The normalized spacial score (nSPS) is 20.6. The van der Waals surface area contributed by atoms with E-state index < -0.39 is 103 Å². The number of nitrogens with two attached hydrogens (primary N) is 1. The maximum absolute atomic E-state index is 14.4. The number of piperazine rings is 1. The van der Waals surface area contributed by atoms with Crippen molar-refractivity contribution in [3.63, 3.8) is 0 Å². The molecule has 4 atom stereocenters. The molecule has 0 radical (unpaired) electrons. The number of hydrogen-bond donors (Lipinski definition) is 2. The molecule has 16 heteroatoms. The molecule has 0 aliphatic carbocycles. The largest absolute Gasteiger partial charge is 0.480 e. The van der Waals surface area contributed by atoms with E-state index in [4.69, 9.17) is 5.73 Å². The van der Waals surface area contributed by atoms with E-state index in [9.17, 15) is 51.8 Å². The predicted octanol–water partition coefficient (Wildman–Crippen LogP) is 1.86. The maximum Gasteiger partial charge on any atom is 0.452 e. The SMILES string of the molecule is CC(C)[C@@H](C(=O)C(F)(F)F)N(C(=O)N1CCC[C@H]1C)C(=O)[C@](N)(C(=O)CN1CC(=O)N(CC(=O)O)C(Cc2ccccc2)C1=O)C(C)C. The van der Waals surface area contributed by atoms with Crippen LogP contribution in [0.15, 0.2) is 30.3 Å². The van der Waals surface area contributed by atoms with Gasteiger partial charge in [0, 0.05) is 19.0 Å². The molecule has 2 aliphatic heterocycles. The Bertz CT molecular complexity index is 1440. The van der Waals surface area contributed by atoms with Crippen LogP contribution in [0.25, 0.3) is 0 Å². The van der Waals surface area contributed by atoms with Crippen LogP contribution in [0, 0.1) is 11.8 Å². The molecule has 48 heavy (non-hydrogen) atoms. The van der Waals surface area contributed by atoms with Crippen molar-refractivity contribution in [2.24, 2.45) is 17.6 Å². The third-order valence-corrected chi connectivity index (χ3v) is 8.94. The number of alkyl halides is 3. The van der Waals surface area contributed by atoms with Gasteiger partial charge in [0.05, 0.1) is 6.54 Å². The number of Topliss-reactive ketones (excluding diaryl/α,β-unsaturated/α-hetero) is 2. The Morgan fingerprint density at radius 3 is 2.10 bits per heavy atom. The number of rotatable bonds is 12. The Labute approximate surface area is 276 Å². The highest BCUT2D eigenvalue weighted by Gasteiger charge is 2.57. The van der Waals surface area contributed by atoms with Gasteiger partial charge in [0.1, 0.15) is 25.2 Å². The van der Waals surface area contributed by atoms with Crippen LogP contribution in [0.3, 0.4) is 0 Å². The van der Waals surface area contributed by atoms with Gasteiger partial charge in [-0.2, -0.15) is 13.2 Å².